The monoisotopic (exact) mass is 504 g/mol. The lowest BCUT2D eigenvalue weighted by Gasteiger charge is -2.23. The second-order valence-corrected chi connectivity index (χ2v) is 9.77. The van der Waals surface area contributed by atoms with Crippen LogP contribution >= 0.6 is 0 Å². The van der Waals surface area contributed by atoms with Crippen molar-refractivity contribution in [1.29, 1.82) is 0 Å². The van der Waals surface area contributed by atoms with Gasteiger partial charge in [-0.15, -0.1) is 0 Å². The van der Waals surface area contributed by atoms with E-state index >= 15 is 0 Å². The van der Waals surface area contributed by atoms with Gasteiger partial charge in [0.05, 0.1) is 17.8 Å². The SMILES string of the molecule is Fc1ccc(-c2ccnc3[nH]c(-c4n[nH]c5ccc(-c6cncc(OC7CCCCC7)c6)cc45)nc23)cc1. The number of hydrogen-bond acceptors (Lipinski definition) is 5. The maximum Gasteiger partial charge on any atom is 0.160 e. The summed E-state index contributed by atoms with van der Waals surface area (Å²) in [6.45, 7) is 0. The van der Waals surface area contributed by atoms with E-state index in [2.05, 4.69) is 43.3 Å². The second-order valence-electron chi connectivity index (χ2n) is 9.77. The molecule has 0 amide bonds. The molecular formula is C30H25FN6O. The molecule has 0 bridgehead atoms. The lowest BCUT2D eigenvalue weighted by atomic mass is 9.98. The van der Waals surface area contributed by atoms with Gasteiger partial charge < -0.3 is 9.72 Å². The zero-order valence-electron chi connectivity index (χ0n) is 20.6. The van der Waals surface area contributed by atoms with E-state index in [1.165, 1.54) is 31.4 Å². The van der Waals surface area contributed by atoms with Gasteiger partial charge in [-0.2, -0.15) is 5.10 Å². The lowest BCUT2D eigenvalue weighted by Crippen LogP contribution is -2.19. The maximum absolute atomic E-state index is 13.5. The van der Waals surface area contributed by atoms with Crippen LogP contribution in [0.15, 0.2) is 73.2 Å². The summed E-state index contributed by atoms with van der Waals surface area (Å²) in [5, 5.41) is 8.62. The smallest absolute Gasteiger partial charge is 0.160 e. The van der Waals surface area contributed by atoms with Crippen molar-refractivity contribution in [3.8, 4) is 39.5 Å². The third kappa shape index (κ3) is 4.18. The molecule has 4 aromatic heterocycles. The molecule has 7 nitrogen and oxygen atoms in total. The Balaban J connectivity index is 1.25. The van der Waals surface area contributed by atoms with E-state index < -0.39 is 0 Å². The minimum atomic E-state index is -0.276. The number of imidazole rings is 1. The summed E-state index contributed by atoms with van der Waals surface area (Å²) < 4.78 is 19.7. The molecule has 2 N–H and O–H groups in total. The first-order valence-electron chi connectivity index (χ1n) is 12.9. The van der Waals surface area contributed by atoms with Crippen LogP contribution < -0.4 is 4.74 Å². The van der Waals surface area contributed by atoms with Gasteiger partial charge in [0.25, 0.3) is 0 Å². The van der Waals surface area contributed by atoms with E-state index in [0.717, 1.165) is 51.7 Å². The summed E-state index contributed by atoms with van der Waals surface area (Å²) in [6.07, 6.45) is 11.6. The lowest BCUT2D eigenvalue weighted by molar-refractivity contribution is 0.154. The molecule has 1 aliphatic rings. The molecule has 8 heteroatoms. The zero-order chi connectivity index (χ0) is 25.5. The van der Waals surface area contributed by atoms with E-state index in [1.807, 2.05) is 18.3 Å². The Hall–Kier alpha value is -4.59. The molecule has 6 aromatic rings. The molecule has 0 atom stereocenters. The standard InChI is InChI=1S/C30H25FN6O/c31-21-9-6-18(7-10-21)24-12-13-33-29-27(24)34-30(35-29)28-25-15-19(8-11-26(25)36-37-28)20-14-23(17-32-16-20)38-22-4-2-1-3-5-22/h6-17,22H,1-5H2,(H,36,37)(H,33,34,35). The largest absolute Gasteiger partial charge is 0.489 e. The highest BCUT2D eigenvalue weighted by atomic mass is 19.1. The van der Waals surface area contributed by atoms with Crippen molar-refractivity contribution in [2.45, 2.75) is 38.2 Å². The number of hydrogen-bond donors (Lipinski definition) is 2. The molecule has 38 heavy (non-hydrogen) atoms. The van der Waals surface area contributed by atoms with Crippen LogP contribution in [0.3, 0.4) is 0 Å². The highest BCUT2D eigenvalue weighted by molar-refractivity contribution is 5.97. The van der Waals surface area contributed by atoms with Crippen molar-refractivity contribution in [3.05, 3.63) is 79.0 Å². The molecule has 0 aliphatic heterocycles. The molecule has 1 fully saturated rings. The highest BCUT2D eigenvalue weighted by Gasteiger charge is 2.18. The number of H-pyrrole nitrogens is 2. The fourth-order valence-electron chi connectivity index (χ4n) is 5.28. The first-order valence-corrected chi connectivity index (χ1v) is 12.9. The van der Waals surface area contributed by atoms with Gasteiger partial charge in [-0.05, 0) is 73.2 Å². The van der Waals surface area contributed by atoms with Crippen LogP contribution in [0.5, 0.6) is 5.75 Å². The van der Waals surface area contributed by atoms with Crippen LogP contribution in [0, 0.1) is 5.82 Å². The van der Waals surface area contributed by atoms with Crippen LogP contribution in [0.4, 0.5) is 4.39 Å². The summed E-state index contributed by atoms with van der Waals surface area (Å²) >= 11 is 0. The molecule has 1 aliphatic carbocycles. The number of nitrogens with one attached hydrogen (secondary N) is 2. The molecule has 1 saturated carbocycles. The molecular weight excluding hydrogens is 479 g/mol. The maximum atomic E-state index is 13.5. The number of rotatable bonds is 5. The van der Waals surface area contributed by atoms with Crippen molar-refractivity contribution in [1.82, 2.24) is 30.1 Å². The molecule has 7 rings (SSSR count). The predicted octanol–water partition coefficient (Wildman–Crippen LogP) is 7.08. The van der Waals surface area contributed by atoms with Crippen LogP contribution in [-0.4, -0.2) is 36.2 Å². The van der Waals surface area contributed by atoms with E-state index in [-0.39, 0.29) is 11.9 Å². The minimum Gasteiger partial charge on any atom is -0.489 e. The van der Waals surface area contributed by atoms with Crippen molar-refractivity contribution < 1.29 is 9.13 Å². The highest BCUT2D eigenvalue weighted by Crippen LogP contribution is 2.33. The summed E-state index contributed by atoms with van der Waals surface area (Å²) in [4.78, 5) is 17.1. The van der Waals surface area contributed by atoms with Crippen LogP contribution in [0.2, 0.25) is 0 Å². The Labute approximate surface area is 218 Å². The van der Waals surface area contributed by atoms with Crippen LogP contribution in [0.25, 0.3) is 55.8 Å². The Morgan fingerprint density at radius 2 is 1.71 bits per heavy atom. The van der Waals surface area contributed by atoms with Crippen LogP contribution in [0.1, 0.15) is 32.1 Å². The number of benzene rings is 2. The Morgan fingerprint density at radius 1 is 0.868 bits per heavy atom. The van der Waals surface area contributed by atoms with Crippen molar-refractivity contribution in [2.24, 2.45) is 0 Å². The number of halogens is 1. The van der Waals surface area contributed by atoms with E-state index in [1.54, 1.807) is 24.5 Å². The van der Waals surface area contributed by atoms with Gasteiger partial charge in [0, 0.05) is 28.9 Å². The number of ether oxygens (including phenoxy) is 1. The number of pyridine rings is 2. The zero-order valence-corrected chi connectivity index (χ0v) is 20.6. The molecule has 0 spiro atoms. The van der Waals surface area contributed by atoms with Crippen molar-refractivity contribution in [3.63, 3.8) is 0 Å². The quantitative estimate of drug-likeness (QED) is 0.262. The molecule has 4 heterocycles. The first-order chi connectivity index (χ1) is 18.7. The molecule has 0 saturated heterocycles. The average Bonchev–Trinajstić information content (AvgIpc) is 3.58. The number of aromatic amines is 2. The van der Waals surface area contributed by atoms with Gasteiger partial charge >= 0.3 is 0 Å². The van der Waals surface area contributed by atoms with Crippen molar-refractivity contribution >= 4 is 22.1 Å². The third-order valence-electron chi connectivity index (χ3n) is 7.23. The van der Waals surface area contributed by atoms with Gasteiger partial charge in [-0.1, -0.05) is 24.6 Å². The number of aromatic nitrogens is 6. The number of nitrogens with zero attached hydrogens (tertiary/aromatic N) is 4. The Bertz CT molecular complexity index is 1750. The second kappa shape index (κ2) is 9.37. The van der Waals surface area contributed by atoms with Gasteiger partial charge in [-0.25, -0.2) is 14.4 Å². The van der Waals surface area contributed by atoms with E-state index in [4.69, 9.17) is 9.72 Å². The minimum absolute atomic E-state index is 0.269. The average molecular weight is 505 g/mol. The molecule has 0 unspecified atom stereocenters. The summed E-state index contributed by atoms with van der Waals surface area (Å²) in [5.74, 6) is 1.14. The topological polar surface area (TPSA) is 92.4 Å². The third-order valence-corrected chi connectivity index (χ3v) is 7.23. The summed E-state index contributed by atoms with van der Waals surface area (Å²) in [7, 11) is 0. The molecule has 188 valence electrons. The van der Waals surface area contributed by atoms with Gasteiger partial charge in [0.1, 0.15) is 22.8 Å². The first kappa shape index (κ1) is 22.6. The Morgan fingerprint density at radius 3 is 2.58 bits per heavy atom. The van der Waals surface area contributed by atoms with E-state index in [0.29, 0.717) is 22.7 Å². The normalized spacial score (nSPS) is 14.3. The predicted molar refractivity (Wildman–Crippen MR) is 145 cm³/mol. The van der Waals surface area contributed by atoms with Gasteiger partial charge in [0.15, 0.2) is 11.5 Å². The molecule has 2 aromatic carbocycles. The summed E-state index contributed by atoms with van der Waals surface area (Å²) in [6, 6.07) is 16.5. The summed E-state index contributed by atoms with van der Waals surface area (Å²) in [5.41, 5.74) is 6.70. The Kier molecular flexibility index (Phi) is 5.57. The van der Waals surface area contributed by atoms with Crippen LogP contribution in [-0.2, 0) is 0 Å². The molecule has 0 radical (unpaired) electrons. The van der Waals surface area contributed by atoms with E-state index in [9.17, 15) is 4.39 Å². The van der Waals surface area contributed by atoms with Crippen molar-refractivity contribution in [2.75, 3.05) is 0 Å². The van der Waals surface area contributed by atoms with Gasteiger partial charge in [0.2, 0.25) is 0 Å². The number of fused-ring (bicyclic) bond motifs is 2. The fraction of sp³-hybridized carbons (Fsp3) is 0.200. The van der Waals surface area contributed by atoms with Gasteiger partial charge in [-0.3, -0.25) is 10.1 Å². The fourth-order valence-corrected chi connectivity index (χ4v) is 5.28.